The number of aryl methyl sites for hydroxylation is 2. The van der Waals surface area contributed by atoms with E-state index in [1.807, 2.05) is 19.9 Å². The van der Waals surface area contributed by atoms with Gasteiger partial charge in [-0.25, -0.2) is 13.6 Å². The molecule has 0 bridgehead atoms. The van der Waals surface area contributed by atoms with E-state index in [2.05, 4.69) is 10.4 Å². The molecule has 0 atom stereocenters. The van der Waals surface area contributed by atoms with Crippen LogP contribution in [0.15, 0.2) is 6.07 Å². The molecule has 1 heterocycles. The quantitative estimate of drug-likeness (QED) is 0.668. The van der Waals surface area contributed by atoms with E-state index in [1.165, 1.54) is 0 Å². The number of carbonyl (C=O) groups is 1. The summed E-state index contributed by atoms with van der Waals surface area (Å²) >= 11 is 0. The standard InChI is InChI=1S/C10H18N4O3S/c1-8-6-9(2)14(13-8)7-10(15)12-4-3-5-18(11,16)17/h6H,3-5,7H2,1-2H3,(H,12,15)(H2,11,16,17). The molecule has 0 aromatic carbocycles. The van der Waals surface area contributed by atoms with Crippen molar-refractivity contribution >= 4 is 15.9 Å². The van der Waals surface area contributed by atoms with Gasteiger partial charge in [-0.05, 0) is 26.3 Å². The molecule has 7 nitrogen and oxygen atoms in total. The summed E-state index contributed by atoms with van der Waals surface area (Å²) in [5, 5.41) is 11.6. The third-order valence-corrected chi connectivity index (χ3v) is 3.18. The minimum atomic E-state index is -3.45. The predicted molar refractivity (Wildman–Crippen MR) is 67.3 cm³/mol. The summed E-state index contributed by atoms with van der Waals surface area (Å²) < 4.78 is 22.9. The largest absolute Gasteiger partial charge is 0.354 e. The summed E-state index contributed by atoms with van der Waals surface area (Å²) in [7, 11) is -3.45. The number of primary sulfonamides is 1. The molecule has 0 saturated heterocycles. The lowest BCUT2D eigenvalue weighted by molar-refractivity contribution is -0.121. The van der Waals surface area contributed by atoms with Crippen LogP contribution < -0.4 is 10.5 Å². The average Bonchev–Trinajstić information content (AvgIpc) is 2.51. The fourth-order valence-electron chi connectivity index (χ4n) is 1.53. The summed E-state index contributed by atoms with van der Waals surface area (Å²) in [6.45, 7) is 4.14. The molecule has 0 fully saturated rings. The smallest absolute Gasteiger partial charge is 0.241 e. The summed E-state index contributed by atoms with van der Waals surface area (Å²) in [5.41, 5.74) is 1.77. The van der Waals surface area contributed by atoms with Crippen LogP contribution in [-0.2, 0) is 21.4 Å². The third-order valence-electron chi connectivity index (χ3n) is 2.32. The lowest BCUT2D eigenvalue weighted by atomic mass is 10.4. The van der Waals surface area contributed by atoms with Crippen molar-refractivity contribution in [3.05, 3.63) is 17.5 Å². The van der Waals surface area contributed by atoms with Crippen molar-refractivity contribution < 1.29 is 13.2 Å². The Labute approximate surface area is 106 Å². The van der Waals surface area contributed by atoms with Gasteiger partial charge in [0.2, 0.25) is 15.9 Å². The number of nitrogens with two attached hydrogens (primary N) is 1. The lowest BCUT2D eigenvalue weighted by Crippen LogP contribution is -2.30. The lowest BCUT2D eigenvalue weighted by Gasteiger charge is -2.06. The summed E-state index contributed by atoms with van der Waals surface area (Å²) in [6.07, 6.45) is 0.307. The van der Waals surface area contributed by atoms with Crippen LogP contribution in [0.2, 0.25) is 0 Å². The molecule has 1 aromatic heterocycles. The van der Waals surface area contributed by atoms with Crippen molar-refractivity contribution in [3.8, 4) is 0 Å². The second-order valence-electron chi connectivity index (χ2n) is 4.16. The molecule has 0 aliphatic rings. The average molecular weight is 274 g/mol. The molecule has 18 heavy (non-hydrogen) atoms. The first-order chi connectivity index (χ1) is 8.28. The second-order valence-corrected chi connectivity index (χ2v) is 5.89. The number of nitrogens with one attached hydrogen (secondary N) is 1. The van der Waals surface area contributed by atoms with E-state index in [-0.39, 0.29) is 24.7 Å². The maximum absolute atomic E-state index is 11.5. The fraction of sp³-hybridized carbons (Fsp3) is 0.600. The number of nitrogens with zero attached hydrogens (tertiary/aromatic N) is 2. The van der Waals surface area contributed by atoms with Gasteiger partial charge < -0.3 is 5.32 Å². The van der Waals surface area contributed by atoms with Crippen molar-refractivity contribution in [2.45, 2.75) is 26.8 Å². The zero-order valence-electron chi connectivity index (χ0n) is 10.5. The van der Waals surface area contributed by atoms with Crippen LogP contribution in [0.5, 0.6) is 0 Å². The van der Waals surface area contributed by atoms with Gasteiger partial charge >= 0.3 is 0 Å². The fourth-order valence-corrected chi connectivity index (χ4v) is 2.07. The maximum atomic E-state index is 11.5. The highest BCUT2D eigenvalue weighted by molar-refractivity contribution is 7.89. The van der Waals surface area contributed by atoms with Crippen molar-refractivity contribution in [1.29, 1.82) is 0 Å². The molecule has 0 unspecified atom stereocenters. The number of hydrogen-bond donors (Lipinski definition) is 2. The van der Waals surface area contributed by atoms with E-state index in [1.54, 1.807) is 4.68 Å². The molecular weight excluding hydrogens is 256 g/mol. The molecule has 0 radical (unpaired) electrons. The van der Waals surface area contributed by atoms with E-state index >= 15 is 0 Å². The van der Waals surface area contributed by atoms with Crippen molar-refractivity contribution in [2.75, 3.05) is 12.3 Å². The van der Waals surface area contributed by atoms with Gasteiger partial charge in [-0.15, -0.1) is 0 Å². The van der Waals surface area contributed by atoms with Crippen LogP contribution >= 0.6 is 0 Å². The Morgan fingerprint density at radius 1 is 1.50 bits per heavy atom. The SMILES string of the molecule is Cc1cc(C)n(CC(=O)NCCCS(N)(=O)=O)n1. The van der Waals surface area contributed by atoms with Gasteiger partial charge in [0.15, 0.2) is 0 Å². The molecule has 0 saturated carbocycles. The Morgan fingerprint density at radius 3 is 2.67 bits per heavy atom. The molecule has 8 heteroatoms. The Bertz CT molecular complexity index is 521. The molecule has 0 aliphatic heterocycles. The molecule has 0 spiro atoms. The van der Waals surface area contributed by atoms with E-state index in [0.29, 0.717) is 6.42 Å². The topological polar surface area (TPSA) is 107 Å². The van der Waals surface area contributed by atoms with Gasteiger partial charge in [0.05, 0.1) is 11.4 Å². The van der Waals surface area contributed by atoms with Crippen LogP contribution in [0.1, 0.15) is 17.8 Å². The summed E-state index contributed by atoms with van der Waals surface area (Å²) in [5.74, 6) is -0.330. The highest BCUT2D eigenvalue weighted by atomic mass is 32.2. The van der Waals surface area contributed by atoms with E-state index in [9.17, 15) is 13.2 Å². The Balaban J connectivity index is 2.32. The van der Waals surface area contributed by atoms with E-state index < -0.39 is 10.0 Å². The van der Waals surface area contributed by atoms with Crippen LogP contribution in [0.4, 0.5) is 0 Å². The number of aromatic nitrogens is 2. The van der Waals surface area contributed by atoms with Crippen LogP contribution in [0.3, 0.4) is 0 Å². The number of sulfonamides is 1. The van der Waals surface area contributed by atoms with Gasteiger partial charge in [-0.1, -0.05) is 0 Å². The van der Waals surface area contributed by atoms with Crippen molar-refractivity contribution in [3.63, 3.8) is 0 Å². The van der Waals surface area contributed by atoms with Crippen LogP contribution in [0, 0.1) is 13.8 Å². The Morgan fingerprint density at radius 2 is 2.17 bits per heavy atom. The van der Waals surface area contributed by atoms with Gasteiger partial charge in [0.25, 0.3) is 0 Å². The van der Waals surface area contributed by atoms with Crippen molar-refractivity contribution in [1.82, 2.24) is 15.1 Å². The molecule has 1 aromatic rings. The number of amides is 1. The molecule has 1 amide bonds. The monoisotopic (exact) mass is 274 g/mol. The normalized spacial score (nSPS) is 11.5. The van der Waals surface area contributed by atoms with Gasteiger partial charge in [0, 0.05) is 12.2 Å². The highest BCUT2D eigenvalue weighted by Gasteiger charge is 2.07. The minimum Gasteiger partial charge on any atom is -0.354 e. The molecule has 3 N–H and O–H groups in total. The molecular formula is C10H18N4O3S. The zero-order valence-corrected chi connectivity index (χ0v) is 11.3. The summed E-state index contributed by atoms with van der Waals surface area (Å²) in [6, 6.07) is 1.88. The number of rotatable bonds is 6. The minimum absolute atomic E-state index is 0.132. The van der Waals surface area contributed by atoms with Crippen LogP contribution in [0.25, 0.3) is 0 Å². The Kier molecular flexibility index (Phi) is 4.85. The number of hydrogen-bond acceptors (Lipinski definition) is 4. The van der Waals surface area contributed by atoms with Crippen molar-refractivity contribution in [2.24, 2.45) is 5.14 Å². The third kappa shape index (κ3) is 5.28. The van der Waals surface area contributed by atoms with Gasteiger partial charge in [-0.2, -0.15) is 5.10 Å². The van der Waals surface area contributed by atoms with Gasteiger partial charge in [-0.3, -0.25) is 9.48 Å². The van der Waals surface area contributed by atoms with Crippen LogP contribution in [-0.4, -0.2) is 36.4 Å². The second kappa shape index (κ2) is 5.96. The molecule has 1 rings (SSSR count). The van der Waals surface area contributed by atoms with E-state index in [4.69, 9.17) is 5.14 Å². The first-order valence-electron chi connectivity index (χ1n) is 5.56. The zero-order chi connectivity index (χ0) is 13.8. The first kappa shape index (κ1) is 14.7. The van der Waals surface area contributed by atoms with Gasteiger partial charge in [0.1, 0.15) is 6.54 Å². The number of carbonyl (C=O) groups excluding carboxylic acids is 1. The molecule has 102 valence electrons. The maximum Gasteiger partial charge on any atom is 0.241 e. The predicted octanol–water partition coefficient (Wildman–Crippen LogP) is -0.705. The highest BCUT2D eigenvalue weighted by Crippen LogP contribution is 2.00. The van der Waals surface area contributed by atoms with E-state index in [0.717, 1.165) is 11.4 Å². The summed E-state index contributed by atoms with van der Waals surface area (Å²) in [4.78, 5) is 11.5. The molecule has 0 aliphatic carbocycles. The first-order valence-corrected chi connectivity index (χ1v) is 7.28. The Hall–Kier alpha value is -1.41.